The number of aromatic nitrogens is 4. The molecule has 0 saturated carbocycles. The molecular weight excluding hydrogens is 210 g/mol. The second kappa shape index (κ2) is 4.31. The Balaban J connectivity index is 2.36. The Hall–Kier alpha value is -1.56. The van der Waals surface area contributed by atoms with E-state index in [1.54, 1.807) is 28.7 Å². The molecule has 2 heterocycles. The predicted octanol–water partition coefficient (Wildman–Crippen LogP) is 1.36. The Morgan fingerprint density at radius 3 is 3.07 bits per heavy atom. The normalized spacial score (nSPS) is 10.5. The molecule has 78 valence electrons. The lowest BCUT2D eigenvalue weighted by atomic mass is 10.5. The monoisotopic (exact) mass is 221 g/mol. The maximum absolute atomic E-state index is 5.83. The summed E-state index contributed by atoms with van der Waals surface area (Å²) >= 11 is 1.65. The first-order valence-electron chi connectivity index (χ1n) is 4.56. The molecule has 0 aliphatic rings. The fourth-order valence-electron chi connectivity index (χ4n) is 1.18. The topological polar surface area (TPSA) is 69.6 Å². The van der Waals surface area contributed by atoms with Crippen molar-refractivity contribution in [3.8, 4) is 5.82 Å². The average Bonchev–Trinajstić information content (AvgIpc) is 2.61. The van der Waals surface area contributed by atoms with Crippen LogP contribution in [0.2, 0.25) is 0 Å². The quantitative estimate of drug-likeness (QED) is 0.792. The Morgan fingerprint density at radius 1 is 1.53 bits per heavy atom. The second-order valence-corrected chi connectivity index (χ2v) is 4.10. The van der Waals surface area contributed by atoms with E-state index in [9.17, 15) is 0 Å². The van der Waals surface area contributed by atoms with Crippen LogP contribution < -0.4 is 5.73 Å². The molecule has 2 N–H and O–H groups in total. The van der Waals surface area contributed by atoms with Gasteiger partial charge in [-0.25, -0.2) is 9.97 Å². The summed E-state index contributed by atoms with van der Waals surface area (Å²) in [5.74, 6) is 2.25. The fraction of sp³-hybridized carbons (Fsp3) is 0.222. The van der Waals surface area contributed by atoms with Gasteiger partial charge < -0.3 is 5.73 Å². The minimum Gasteiger partial charge on any atom is -0.383 e. The largest absolute Gasteiger partial charge is 0.383 e. The zero-order valence-corrected chi connectivity index (χ0v) is 9.11. The van der Waals surface area contributed by atoms with Gasteiger partial charge >= 0.3 is 0 Å². The molecule has 2 aromatic rings. The van der Waals surface area contributed by atoms with Crippen LogP contribution in [0.5, 0.6) is 0 Å². The van der Waals surface area contributed by atoms with Crippen LogP contribution in [0, 0.1) is 0 Å². The summed E-state index contributed by atoms with van der Waals surface area (Å²) in [4.78, 5) is 7.93. The lowest BCUT2D eigenvalue weighted by Gasteiger charge is -2.00. The number of rotatable bonds is 3. The molecule has 2 aromatic heterocycles. The molecule has 6 heteroatoms. The predicted molar refractivity (Wildman–Crippen MR) is 60.0 cm³/mol. The SMILES string of the molecule is CCSc1cc(N)n(-c2ccncn2)n1. The number of thioether (sulfide) groups is 1. The molecule has 0 saturated heterocycles. The highest BCUT2D eigenvalue weighted by Crippen LogP contribution is 2.20. The van der Waals surface area contributed by atoms with E-state index >= 15 is 0 Å². The van der Waals surface area contributed by atoms with E-state index in [1.165, 1.54) is 6.33 Å². The van der Waals surface area contributed by atoms with Crippen LogP contribution in [0.15, 0.2) is 29.7 Å². The first-order valence-corrected chi connectivity index (χ1v) is 5.54. The van der Waals surface area contributed by atoms with Gasteiger partial charge in [0.15, 0.2) is 5.82 Å². The summed E-state index contributed by atoms with van der Waals surface area (Å²) in [6.45, 7) is 2.07. The molecule has 0 spiro atoms. The molecule has 5 nitrogen and oxygen atoms in total. The smallest absolute Gasteiger partial charge is 0.159 e. The van der Waals surface area contributed by atoms with Crippen molar-refractivity contribution < 1.29 is 0 Å². The summed E-state index contributed by atoms with van der Waals surface area (Å²) < 4.78 is 1.61. The number of nitrogens with two attached hydrogens (primary N) is 1. The standard InChI is InChI=1S/C9H11N5S/c1-2-15-9-5-7(10)14(13-9)8-3-4-11-6-12-8/h3-6H,2,10H2,1H3. The third-order valence-electron chi connectivity index (χ3n) is 1.79. The molecular formula is C9H11N5S. The number of anilines is 1. The highest BCUT2D eigenvalue weighted by Gasteiger charge is 2.06. The van der Waals surface area contributed by atoms with Gasteiger partial charge in [-0.1, -0.05) is 6.92 Å². The molecule has 0 unspecified atom stereocenters. The molecule has 2 rings (SSSR count). The Labute approximate surface area is 91.7 Å². The van der Waals surface area contributed by atoms with E-state index < -0.39 is 0 Å². The fourth-order valence-corrected chi connectivity index (χ4v) is 1.82. The molecule has 0 radical (unpaired) electrons. The van der Waals surface area contributed by atoms with Crippen molar-refractivity contribution in [3.63, 3.8) is 0 Å². The van der Waals surface area contributed by atoms with E-state index in [-0.39, 0.29) is 0 Å². The Morgan fingerprint density at radius 2 is 2.40 bits per heavy atom. The van der Waals surface area contributed by atoms with Crippen LogP contribution in [0.3, 0.4) is 0 Å². The van der Waals surface area contributed by atoms with Gasteiger partial charge in [-0.2, -0.15) is 9.78 Å². The summed E-state index contributed by atoms with van der Waals surface area (Å²) in [5, 5.41) is 5.24. The van der Waals surface area contributed by atoms with Gasteiger partial charge in [0.2, 0.25) is 0 Å². The van der Waals surface area contributed by atoms with Gasteiger partial charge in [0, 0.05) is 18.3 Å². The average molecular weight is 221 g/mol. The van der Waals surface area contributed by atoms with Crippen molar-refractivity contribution in [2.24, 2.45) is 0 Å². The van der Waals surface area contributed by atoms with Crippen molar-refractivity contribution in [2.75, 3.05) is 11.5 Å². The summed E-state index contributed by atoms with van der Waals surface area (Å²) in [5.41, 5.74) is 5.83. The maximum atomic E-state index is 5.83. The maximum Gasteiger partial charge on any atom is 0.159 e. The van der Waals surface area contributed by atoms with E-state index in [4.69, 9.17) is 5.73 Å². The van der Waals surface area contributed by atoms with Crippen LogP contribution in [-0.2, 0) is 0 Å². The van der Waals surface area contributed by atoms with Crippen LogP contribution in [-0.4, -0.2) is 25.5 Å². The van der Waals surface area contributed by atoms with Gasteiger partial charge in [-0.05, 0) is 5.75 Å². The lowest BCUT2D eigenvalue weighted by Crippen LogP contribution is -2.03. The number of hydrogen-bond donors (Lipinski definition) is 1. The highest BCUT2D eigenvalue weighted by molar-refractivity contribution is 7.99. The molecule has 0 aromatic carbocycles. The van der Waals surface area contributed by atoms with Crippen molar-refractivity contribution in [1.29, 1.82) is 0 Å². The summed E-state index contributed by atoms with van der Waals surface area (Å²) in [7, 11) is 0. The van der Waals surface area contributed by atoms with E-state index in [2.05, 4.69) is 22.0 Å². The van der Waals surface area contributed by atoms with Crippen molar-refractivity contribution in [3.05, 3.63) is 24.7 Å². The first kappa shape index (κ1) is 9.97. The first-order chi connectivity index (χ1) is 7.31. The van der Waals surface area contributed by atoms with Gasteiger partial charge in [-0.15, -0.1) is 11.8 Å². The molecule has 0 amide bonds. The van der Waals surface area contributed by atoms with Gasteiger partial charge in [-0.3, -0.25) is 0 Å². The van der Waals surface area contributed by atoms with Crippen molar-refractivity contribution in [1.82, 2.24) is 19.7 Å². The number of nitrogens with zero attached hydrogens (tertiary/aromatic N) is 4. The van der Waals surface area contributed by atoms with E-state index in [0.717, 1.165) is 10.8 Å². The number of hydrogen-bond acceptors (Lipinski definition) is 5. The van der Waals surface area contributed by atoms with Crippen LogP contribution in [0.4, 0.5) is 5.82 Å². The number of nitrogen functional groups attached to an aromatic ring is 1. The molecule has 15 heavy (non-hydrogen) atoms. The lowest BCUT2D eigenvalue weighted by molar-refractivity contribution is 0.813. The molecule has 0 fully saturated rings. The second-order valence-electron chi connectivity index (χ2n) is 2.82. The molecule has 0 atom stereocenters. The summed E-state index contributed by atoms with van der Waals surface area (Å²) in [6.07, 6.45) is 3.14. The minimum atomic E-state index is 0.588. The minimum absolute atomic E-state index is 0.588. The zero-order valence-electron chi connectivity index (χ0n) is 8.29. The van der Waals surface area contributed by atoms with Gasteiger partial charge in [0.1, 0.15) is 17.2 Å². The summed E-state index contributed by atoms with van der Waals surface area (Å²) in [6, 6.07) is 3.61. The van der Waals surface area contributed by atoms with Crippen molar-refractivity contribution in [2.45, 2.75) is 11.9 Å². The Kier molecular flexibility index (Phi) is 2.86. The third kappa shape index (κ3) is 2.10. The van der Waals surface area contributed by atoms with Crippen molar-refractivity contribution >= 4 is 17.6 Å². The van der Waals surface area contributed by atoms with Gasteiger partial charge in [0.25, 0.3) is 0 Å². The molecule has 0 aliphatic carbocycles. The van der Waals surface area contributed by atoms with Gasteiger partial charge in [0.05, 0.1) is 0 Å². The molecule has 0 bridgehead atoms. The van der Waals surface area contributed by atoms with E-state index in [0.29, 0.717) is 11.6 Å². The molecule has 0 aliphatic heterocycles. The van der Waals surface area contributed by atoms with Crippen LogP contribution in [0.25, 0.3) is 5.82 Å². The third-order valence-corrected chi connectivity index (χ3v) is 2.57. The van der Waals surface area contributed by atoms with E-state index in [1.807, 2.05) is 6.07 Å². The Bertz CT molecular complexity index is 439. The van der Waals surface area contributed by atoms with Crippen LogP contribution in [0.1, 0.15) is 6.92 Å². The highest BCUT2D eigenvalue weighted by atomic mass is 32.2. The zero-order chi connectivity index (χ0) is 10.7. The van der Waals surface area contributed by atoms with Crippen LogP contribution >= 0.6 is 11.8 Å².